The molecule has 0 spiro atoms. The Morgan fingerprint density at radius 1 is 0.553 bits per heavy atom. The second kappa shape index (κ2) is 18.3. The number of rotatable bonds is 19. The van der Waals surface area contributed by atoms with Gasteiger partial charge in [0.1, 0.15) is 5.75 Å². The summed E-state index contributed by atoms with van der Waals surface area (Å²) in [5, 5.41) is 0. The second-order valence-corrected chi connectivity index (χ2v) is 10.5. The average Bonchev–Trinajstić information content (AvgIpc) is 2.95. The third-order valence-corrected chi connectivity index (χ3v) is 7.08. The zero-order valence-electron chi connectivity index (χ0n) is 23.8. The Hall–Kier alpha value is -2.94. The van der Waals surface area contributed by atoms with Crippen LogP contribution < -0.4 is 4.74 Å². The highest BCUT2D eigenvalue weighted by molar-refractivity contribution is 5.70. The summed E-state index contributed by atoms with van der Waals surface area (Å²) in [6.45, 7) is 5.13. The maximum absolute atomic E-state index is 5.95. The summed E-state index contributed by atoms with van der Waals surface area (Å²) >= 11 is 0. The highest BCUT2D eigenvalue weighted by atomic mass is 16.5. The molecule has 0 amide bonds. The van der Waals surface area contributed by atoms with Crippen LogP contribution in [0.2, 0.25) is 0 Å². The number of nitrogens with zero attached hydrogens (tertiary/aromatic N) is 2. The third kappa shape index (κ3) is 12.1. The summed E-state index contributed by atoms with van der Waals surface area (Å²) in [6.07, 6.45) is 27.3. The van der Waals surface area contributed by atoms with E-state index in [0.29, 0.717) is 0 Å². The molecule has 38 heavy (non-hydrogen) atoms. The van der Waals surface area contributed by atoms with Gasteiger partial charge in [0, 0.05) is 12.4 Å². The fraction of sp³-hybridized carbons (Fsp3) is 0.486. The lowest BCUT2D eigenvalue weighted by molar-refractivity contribution is 0.304. The Kier molecular flexibility index (Phi) is 14.3. The number of aromatic nitrogens is 2. The van der Waals surface area contributed by atoms with E-state index in [-0.39, 0.29) is 0 Å². The van der Waals surface area contributed by atoms with Crippen molar-refractivity contribution in [3.8, 4) is 17.1 Å². The van der Waals surface area contributed by atoms with Crippen LogP contribution >= 0.6 is 0 Å². The molecule has 3 nitrogen and oxygen atoms in total. The predicted octanol–water partition coefficient (Wildman–Crippen LogP) is 10.5. The van der Waals surface area contributed by atoms with Crippen molar-refractivity contribution in [2.24, 2.45) is 0 Å². The largest absolute Gasteiger partial charge is 0.494 e. The van der Waals surface area contributed by atoms with E-state index in [1.165, 1.54) is 83.5 Å². The van der Waals surface area contributed by atoms with Gasteiger partial charge in [-0.1, -0.05) is 127 Å². The van der Waals surface area contributed by atoms with Crippen LogP contribution in [0.5, 0.6) is 5.75 Å². The molecule has 0 saturated carbocycles. The smallest absolute Gasteiger partial charge is 0.119 e. The molecule has 0 N–H and O–H groups in total. The number of benzene rings is 1. The summed E-state index contributed by atoms with van der Waals surface area (Å²) in [6, 6.07) is 16.5. The molecular weight excluding hydrogens is 464 g/mol. The third-order valence-electron chi connectivity index (χ3n) is 7.08. The van der Waals surface area contributed by atoms with Crippen LogP contribution in [-0.2, 0) is 0 Å². The first kappa shape index (κ1) is 29.6. The van der Waals surface area contributed by atoms with Gasteiger partial charge in [-0.3, -0.25) is 9.97 Å². The number of hydrogen-bond acceptors (Lipinski definition) is 3. The maximum Gasteiger partial charge on any atom is 0.119 e. The van der Waals surface area contributed by atoms with Crippen molar-refractivity contribution in [1.29, 1.82) is 0 Å². The first-order chi connectivity index (χ1) is 18.7. The maximum atomic E-state index is 5.95. The molecule has 204 valence electrons. The Morgan fingerprint density at radius 2 is 1.05 bits per heavy atom. The lowest BCUT2D eigenvalue weighted by Gasteiger charge is -2.07. The van der Waals surface area contributed by atoms with E-state index in [1.807, 2.05) is 31.5 Å². The van der Waals surface area contributed by atoms with Crippen molar-refractivity contribution >= 4 is 12.2 Å². The second-order valence-electron chi connectivity index (χ2n) is 10.5. The predicted molar refractivity (Wildman–Crippen MR) is 163 cm³/mol. The molecule has 2 heterocycles. The van der Waals surface area contributed by atoms with Crippen molar-refractivity contribution in [2.75, 3.05) is 6.61 Å². The van der Waals surface area contributed by atoms with Gasteiger partial charge < -0.3 is 4.74 Å². The van der Waals surface area contributed by atoms with Crippen molar-refractivity contribution in [2.45, 2.75) is 104 Å². The normalized spacial score (nSPS) is 11.3. The Morgan fingerprint density at radius 3 is 1.58 bits per heavy atom. The molecule has 0 aliphatic heterocycles. The molecule has 0 saturated heterocycles. The summed E-state index contributed by atoms with van der Waals surface area (Å²) < 4.78 is 5.95. The van der Waals surface area contributed by atoms with E-state index in [4.69, 9.17) is 4.74 Å². The molecule has 0 aliphatic carbocycles. The minimum absolute atomic E-state index is 0.807. The number of aryl methyl sites for hydroxylation is 1. The lowest BCUT2D eigenvalue weighted by Crippen LogP contribution is -1.97. The SMILES string of the molecule is CCCCCCCCCCCCCCCCOc1ccc(/C=C/c2ccc(-c3ccc(C)cn3)nc2)cc1. The highest BCUT2D eigenvalue weighted by Crippen LogP contribution is 2.18. The quantitative estimate of drug-likeness (QED) is 0.150. The van der Waals surface area contributed by atoms with Gasteiger partial charge in [0.15, 0.2) is 0 Å². The fourth-order valence-electron chi connectivity index (χ4n) is 4.63. The molecule has 3 aromatic rings. The van der Waals surface area contributed by atoms with Gasteiger partial charge in [-0.05, 0) is 54.3 Å². The zero-order chi connectivity index (χ0) is 26.7. The first-order valence-electron chi connectivity index (χ1n) is 15.0. The molecule has 0 fully saturated rings. The highest BCUT2D eigenvalue weighted by Gasteiger charge is 2.00. The number of pyridine rings is 2. The molecule has 0 aliphatic rings. The Labute approximate surface area is 231 Å². The minimum Gasteiger partial charge on any atom is -0.494 e. The summed E-state index contributed by atoms with van der Waals surface area (Å²) in [5.74, 6) is 0.952. The van der Waals surface area contributed by atoms with E-state index in [1.54, 1.807) is 0 Å². The van der Waals surface area contributed by atoms with Crippen LogP contribution in [0, 0.1) is 6.92 Å². The van der Waals surface area contributed by atoms with E-state index >= 15 is 0 Å². The van der Waals surface area contributed by atoms with Crippen LogP contribution in [0.25, 0.3) is 23.5 Å². The molecule has 2 aromatic heterocycles. The van der Waals surface area contributed by atoms with Crippen LogP contribution in [-0.4, -0.2) is 16.6 Å². The fourth-order valence-corrected chi connectivity index (χ4v) is 4.63. The van der Waals surface area contributed by atoms with Gasteiger partial charge in [0.25, 0.3) is 0 Å². The van der Waals surface area contributed by atoms with Gasteiger partial charge >= 0.3 is 0 Å². The number of ether oxygens (including phenoxy) is 1. The number of hydrogen-bond donors (Lipinski definition) is 0. The van der Waals surface area contributed by atoms with Crippen molar-refractivity contribution in [3.05, 3.63) is 77.6 Å². The van der Waals surface area contributed by atoms with Crippen molar-refractivity contribution in [1.82, 2.24) is 9.97 Å². The van der Waals surface area contributed by atoms with Gasteiger partial charge in [0.2, 0.25) is 0 Å². The molecule has 0 radical (unpaired) electrons. The van der Waals surface area contributed by atoms with Crippen molar-refractivity contribution < 1.29 is 4.74 Å². The van der Waals surface area contributed by atoms with Crippen LogP contribution in [0.4, 0.5) is 0 Å². The zero-order valence-corrected chi connectivity index (χ0v) is 23.8. The molecule has 3 rings (SSSR count). The molecule has 0 unspecified atom stereocenters. The average molecular weight is 513 g/mol. The number of unbranched alkanes of at least 4 members (excludes halogenated alkanes) is 13. The van der Waals surface area contributed by atoms with E-state index in [0.717, 1.165) is 46.9 Å². The molecule has 3 heteroatoms. The van der Waals surface area contributed by atoms with Crippen LogP contribution in [0.3, 0.4) is 0 Å². The van der Waals surface area contributed by atoms with Gasteiger partial charge in [-0.2, -0.15) is 0 Å². The Bertz CT molecular complexity index is 1020. The van der Waals surface area contributed by atoms with E-state index in [2.05, 4.69) is 65.4 Å². The van der Waals surface area contributed by atoms with Gasteiger partial charge in [-0.25, -0.2) is 0 Å². The van der Waals surface area contributed by atoms with Crippen LogP contribution in [0.1, 0.15) is 114 Å². The molecule has 1 aromatic carbocycles. The summed E-state index contributed by atoms with van der Waals surface area (Å²) in [7, 11) is 0. The summed E-state index contributed by atoms with van der Waals surface area (Å²) in [4.78, 5) is 9.01. The van der Waals surface area contributed by atoms with Gasteiger partial charge in [-0.15, -0.1) is 0 Å². The van der Waals surface area contributed by atoms with Crippen LogP contribution in [0.15, 0.2) is 60.9 Å². The first-order valence-corrected chi connectivity index (χ1v) is 15.0. The topological polar surface area (TPSA) is 35.0 Å². The minimum atomic E-state index is 0.807. The molecule has 0 atom stereocenters. The van der Waals surface area contributed by atoms with Gasteiger partial charge in [0.05, 0.1) is 18.0 Å². The van der Waals surface area contributed by atoms with Crippen molar-refractivity contribution in [3.63, 3.8) is 0 Å². The molecule has 0 bridgehead atoms. The molecular formula is C35H48N2O. The monoisotopic (exact) mass is 512 g/mol. The lowest BCUT2D eigenvalue weighted by atomic mass is 10.0. The standard InChI is InChI=1S/C35H48N2O/c1-3-4-5-6-7-8-9-10-11-12-13-14-15-16-27-38-33-23-20-31(21-24-33)18-19-32-22-26-35(37-29-32)34-25-17-30(2)28-36-34/h17-26,28-29H,3-16,27H2,1-2H3/b19-18+. The van der Waals surface area contributed by atoms with E-state index < -0.39 is 0 Å². The Balaban J connectivity index is 1.22. The summed E-state index contributed by atoms with van der Waals surface area (Å²) in [5.41, 5.74) is 5.16. The van der Waals surface area contributed by atoms with E-state index in [9.17, 15) is 0 Å².